The third-order valence-corrected chi connectivity index (χ3v) is 4.86. The van der Waals surface area contributed by atoms with Crippen molar-refractivity contribution in [2.45, 2.75) is 19.8 Å². The molecule has 0 bridgehead atoms. The second-order valence-electron chi connectivity index (χ2n) is 6.31. The summed E-state index contributed by atoms with van der Waals surface area (Å²) in [4.78, 5) is 23.4. The fourth-order valence-electron chi connectivity index (χ4n) is 3.25. The molecular weight excluding hydrogens is 368 g/mol. The zero-order valence-electron chi connectivity index (χ0n) is 14.7. The lowest BCUT2D eigenvalue weighted by molar-refractivity contribution is -0.428. The van der Waals surface area contributed by atoms with E-state index >= 15 is 0 Å². The molecule has 3 rings (SSSR count). The maximum absolute atomic E-state index is 12.0. The lowest BCUT2D eigenvalue weighted by Gasteiger charge is -2.27. The Morgan fingerprint density at radius 1 is 1.15 bits per heavy atom. The monoisotopic (exact) mass is 384 g/mol. The number of aliphatic carboxylic acids is 1. The molecule has 1 aliphatic heterocycles. The molecule has 2 N–H and O–H groups in total. The molecule has 0 amide bonds. The average Bonchev–Trinajstić information content (AvgIpc) is 2.61. The summed E-state index contributed by atoms with van der Waals surface area (Å²) in [7, 11) is 0. The molecule has 0 saturated heterocycles. The van der Waals surface area contributed by atoms with Crippen LogP contribution in [0.15, 0.2) is 65.5 Å². The Morgan fingerprint density at radius 3 is 2.33 bits per heavy atom. The highest BCUT2D eigenvalue weighted by molar-refractivity contribution is 6.31. The molecular formula is C20H17ClN2O4. The van der Waals surface area contributed by atoms with Gasteiger partial charge in [0.25, 0.3) is 5.70 Å². The normalized spacial score (nSPS) is 16.9. The number of nitro groups is 1. The van der Waals surface area contributed by atoms with Crippen LogP contribution < -0.4 is 5.32 Å². The van der Waals surface area contributed by atoms with Gasteiger partial charge in [0, 0.05) is 16.3 Å². The van der Waals surface area contributed by atoms with Crippen molar-refractivity contribution < 1.29 is 14.8 Å². The van der Waals surface area contributed by atoms with E-state index < -0.39 is 16.8 Å². The Kier molecular flexibility index (Phi) is 5.01. The van der Waals surface area contributed by atoms with Gasteiger partial charge in [0.1, 0.15) is 11.6 Å². The molecule has 1 atom stereocenters. The first kappa shape index (κ1) is 18.7. The summed E-state index contributed by atoms with van der Waals surface area (Å²) in [6, 6.07) is 13.8. The molecule has 7 heteroatoms. The lowest BCUT2D eigenvalue weighted by atomic mass is 9.83. The van der Waals surface area contributed by atoms with Crippen LogP contribution in [0.5, 0.6) is 0 Å². The first-order chi connectivity index (χ1) is 12.8. The number of hydrogen-bond donors (Lipinski definition) is 2. The highest BCUT2D eigenvalue weighted by Crippen LogP contribution is 2.43. The number of nitrogens with one attached hydrogen (secondary N) is 1. The van der Waals surface area contributed by atoms with Crippen molar-refractivity contribution in [1.82, 2.24) is 5.32 Å². The third kappa shape index (κ3) is 3.44. The predicted molar refractivity (Wildman–Crippen MR) is 103 cm³/mol. The van der Waals surface area contributed by atoms with Crippen LogP contribution in [-0.4, -0.2) is 16.0 Å². The zero-order chi connectivity index (χ0) is 19.7. The Balaban J connectivity index is 2.32. The van der Waals surface area contributed by atoms with E-state index in [4.69, 9.17) is 11.6 Å². The highest BCUT2D eigenvalue weighted by Gasteiger charge is 2.42. The molecule has 1 heterocycles. The minimum Gasteiger partial charge on any atom is -0.478 e. The summed E-state index contributed by atoms with van der Waals surface area (Å²) < 4.78 is 0. The number of carboxylic acids is 1. The molecule has 1 unspecified atom stereocenters. The maximum atomic E-state index is 12.0. The Morgan fingerprint density at radius 2 is 1.78 bits per heavy atom. The Bertz CT molecular complexity index is 993. The number of dihydropyridines is 1. The minimum absolute atomic E-state index is 0.0920. The number of nitrogens with zero attached hydrogens (tertiary/aromatic N) is 1. The van der Waals surface area contributed by atoms with Crippen LogP contribution in [-0.2, 0) is 4.79 Å². The van der Waals surface area contributed by atoms with Gasteiger partial charge in [-0.15, -0.1) is 0 Å². The summed E-state index contributed by atoms with van der Waals surface area (Å²) >= 11 is 6.28. The third-order valence-electron chi connectivity index (χ3n) is 4.52. The molecule has 1 aliphatic rings. The van der Waals surface area contributed by atoms with Gasteiger partial charge < -0.3 is 10.4 Å². The van der Waals surface area contributed by atoms with E-state index in [-0.39, 0.29) is 22.0 Å². The van der Waals surface area contributed by atoms with E-state index in [1.54, 1.807) is 43.3 Å². The average molecular weight is 385 g/mol. The largest absolute Gasteiger partial charge is 0.478 e. The number of hydrogen-bond acceptors (Lipinski definition) is 4. The quantitative estimate of drug-likeness (QED) is 0.604. The summed E-state index contributed by atoms with van der Waals surface area (Å²) in [5.41, 5.74) is 2.28. The van der Waals surface area contributed by atoms with Crippen LogP contribution in [0.2, 0.25) is 5.02 Å². The standard InChI is InChI=1S/C20H17ClN2O4/c1-11-7-9-13(10-8-11)18-19(23(26)27)17(14-5-3-4-6-15(14)21)16(20(24)25)12(2)22-18/h3-10,17,22H,1-2H3,(H,24,25). The number of benzene rings is 2. The molecule has 2 aromatic rings. The van der Waals surface area contributed by atoms with Crippen LogP contribution in [0.25, 0.3) is 5.70 Å². The second kappa shape index (κ2) is 7.25. The van der Waals surface area contributed by atoms with Crippen molar-refractivity contribution in [3.05, 3.63) is 97.3 Å². The first-order valence-electron chi connectivity index (χ1n) is 8.22. The van der Waals surface area contributed by atoms with Gasteiger partial charge in [0.2, 0.25) is 0 Å². The SMILES string of the molecule is CC1=C(C(=O)O)C(c2ccccc2Cl)C([N+](=O)[O-])=C(c2ccc(C)cc2)N1. The van der Waals surface area contributed by atoms with Gasteiger partial charge in [0.05, 0.1) is 10.5 Å². The van der Waals surface area contributed by atoms with Crippen molar-refractivity contribution in [1.29, 1.82) is 0 Å². The number of carbonyl (C=O) groups is 1. The summed E-state index contributed by atoms with van der Waals surface area (Å²) in [5.74, 6) is -2.32. The smallest absolute Gasteiger partial charge is 0.334 e. The van der Waals surface area contributed by atoms with Crippen LogP contribution >= 0.6 is 11.6 Å². The van der Waals surface area contributed by atoms with Crippen molar-refractivity contribution in [3.8, 4) is 0 Å². The molecule has 27 heavy (non-hydrogen) atoms. The number of aryl methyl sites for hydroxylation is 1. The van der Waals surface area contributed by atoms with Gasteiger partial charge in [0.15, 0.2) is 0 Å². The van der Waals surface area contributed by atoms with E-state index in [0.29, 0.717) is 16.8 Å². The molecule has 6 nitrogen and oxygen atoms in total. The molecule has 0 spiro atoms. The summed E-state index contributed by atoms with van der Waals surface area (Å²) in [5, 5.41) is 25.0. The maximum Gasteiger partial charge on any atom is 0.334 e. The zero-order valence-corrected chi connectivity index (χ0v) is 15.4. The van der Waals surface area contributed by atoms with Crippen molar-refractivity contribution in [2.24, 2.45) is 0 Å². The number of rotatable bonds is 4. The van der Waals surface area contributed by atoms with Gasteiger partial charge in [-0.1, -0.05) is 59.6 Å². The van der Waals surface area contributed by atoms with E-state index in [1.807, 2.05) is 19.1 Å². The van der Waals surface area contributed by atoms with Gasteiger partial charge in [-0.25, -0.2) is 4.79 Å². The summed E-state index contributed by atoms with van der Waals surface area (Å²) in [6.45, 7) is 3.51. The lowest BCUT2D eigenvalue weighted by Crippen LogP contribution is -2.31. The molecule has 2 aromatic carbocycles. The van der Waals surface area contributed by atoms with Crippen molar-refractivity contribution >= 4 is 23.3 Å². The van der Waals surface area contributed by atoms with Gasteiger partial charge in [-0.05, 0) is 25.5 Å². The fraction of sp³-hybridized carbons (Fsp3) is 0.150. The summed E-state index contributed by atoms with van der Waals surface area (Å²) in [6.07, 6.45) is 0. The molecule has 0 aliphatic carbocycles. The van der Waals surface area contributed by atoms with Crippen LogP contribution in [0.4, 0.5) is 0 Å². The van der Waals surface area contributed by atoms with E-state index in [2.05, 4.69) is 5.32 Å². The first-order valence-corrected chi connectivity index (χ1v) is 8.60. The molecule has 0 radical (unpaired) electrons. The number of allylic oxidation sites excluding steroid dienone is 2. The van der Waals surface area contributed by atoms with Crippen LogP contribution in [0, 0.1) is 17.0 Å². The van der Waals surface area contributed by atoms with E-state index in [9.17, 15) is 20.0 Å². The van der Waals surface area contributed by atoms with Crippen LogP contribution in [0.1, 0.15) is 29.5 Å². The highest BCUT2D eigenvalue weighted by atomic mass is 35.5. The van der Waals surface area contributed by atoms with Crippen molar-refractivity contribution in [2.75, 3.05) is 0 Å². The fourth-order valence-corrected chi connectivity index (χ4v) is 3.49. The molecule has 138 valence electrons. The molecule has 0 aromatic heterocycles. The van der Waals surface area contributed by atoms with Crippen molar-refractivity contribution in [3.63, 3.8) is 0 Å². The second-order valence-corrected chi connectivity index (χ2v) is 6.71. The predicted octanol–water partition coefficient (Wildman–Crippen LogP) is 4.34. The number of halogens is 1. The number of carboxylic acid groups (broad SMARTS) is 1. The van der Waals surface area contributed by atoms with Crippen LogP contribution in [0.3, 0.4) is 0 Å². The van der Waals surface area contributed by atoms with Gasteiger partial charge >= 0.3 is 5.97 Å². The minimum atomic E-state index is -1.23. The molecule has 0 saturated carbocycles. The Hall–Kier alpha value is -3.12. The van der Waals surface area contributed by atoms with E-state index in [1.165, 1.54) is 0 Å². The van der Waals surface area contributed by atoms with Gasteiger partial charge in [-0.2, -0.15) is 0 Å². The van der Waals surface area contributed by atoms with Gasteiger partial charge in [-0.3, -0.25) is 10.1 Å². The molecule has 0 fully saturated rings. The topological polar surface area (TPSA) is 92.5 Å². The Labute approximate surface area is 160 Å². The van der Waals surface area contributed by atoms with E-state index in [0.717, 1.165) is 5.56 Å².